The minimum absolute atomic E-state index is 0.0212. The van der Waals surface area contributed by atoms with Crippen LogP contribution in [-0.2, 0) is 0 Å². The van der Waals surface area contributed by atoms with E-state index in [1.165, 1.54) is 6.07 Å². The Morgan fingerprint density at radius 1 is 0.167 bits per heavy atom. The largest absolute Gasteiger partial charge is 0.309 e. The molecule has 2 heteroatoms. The zero-order chi connectivity index (χ0) is 119. The van der Waals surface area contributed by atoms with Crippen molar-refractivity contribution < 1.29 is 69.9 Å². The minimum atomic E-state index is -1.21. The van der Waals surface area contributed by atoms with Gasteiger partial charge in [-0.05, 0) is 293 Å². The lowest BCUT2D eigenvalue weighted by atomic mass is 9.86. The Kier molecular flexibility index (Phi) is 6.69. The minimum Gasteiger partial charge on any atom is -0.309 e. The second kappa shape index (κ2) is 24.3. The van der Waals surface area contributed by atoms with Gasteiger partial charge < -0.3 is 9.13 Å². The number of para-hydroxylation sites is 4. The first-order valence-electron chi connectivity index (χ1n) is 61.0. The molecular formula is C112H66N2. The Labute approximate surface area is 727 Å². The summed E-state index contributed by atoms with van der Waals surface area (Å²) in [6.07, 6.45) is 0. The van der Waals surface area contributed by atoms with Gasteiger partial charge in [0.2, 0.25) is 0 Å². The van der Waals surface area contributed by atoms with Crippen LogP contribution in [0.15, 0.2) is 399 Å². The first kappa shape index (κ1) is 31.4. The lowest BCUT2D eigenvalue weighted by Crippen LogP contribution is -1.93. The number of benzene rings is 24. The molecule has 0 aliphatic heterocycles. The molecule has 0 spiro atoms. The van der Waals surface area contributed by atoms with Crippen LogP contribution in [0.1, 0.15) is 69.9 Å². The van der Waals surface area contributed by atoms with E-state index in [-0.39, 0.29) is 86.9 Å². The van der Waals surface area contributed by atoms with Gasteiger partial charge in [-0.15, -0.1) is 0 Å². The molecule has 26 rings (SSSR count). The maximum absolute atomic E-state index is 10.4. The van der Waals surface area contributed by atoms with E-state index in [2.05, 4.69) is 4.57 Å². The van der Waals surface area contributed by atoms with Gasteiger partial charge in [-0.1, -0.05) is 302 Å². The standard InChI is InChI=1S/2C56H33N/c2*1-2-12-44(13-3-1)57-51-15-5-4-14-47(51)50-33-40(24-29-52(50)57)41-30-42(45-25-20-38-18-16-34-8-6-10-36-22-27-48(45)55(38)53(34)36)32-43(31-41)46-26-21-39-19-17-35-9-7-11-37-23-28-49(46)56(39)54(35)37/h2*1-33H/i1D,2D,3D,4D,5D,6D,7D,8D,9D,10D,11D,12D,13D,14D,15D,16D,17D,18D,19D,20D,21D,22D,23D,24D,25D,26D,27D,28D,29D,30D,31D,32D,33D;6D,7D,8D,9D,10D,11D,16D,17D,18D,19D,20D,21D,22D,23D,25D,26D,27D,28D. The molecule has 0 saturated carbocycles. The molecule has 524 valence electrons. The highest BCUT2D eigenvalue weighted by atomic mass is 15.0. The van der Waals surface area contributed by atoms with E-state index in [0.717, 1.165) is 27.5 Å². The second-order valence-corrected chi connectivity index (χ2v) is 27.2. The lowest BCUT2D eigenvalue weighted by molar-refractivity contribution is 1.18. The van der Waals surface area contributed by atoms with E-state index in [1.54, 1.807) is 12.1 Å². The van der Waals surface area contributed by atoms with Crippen molar-refractivity contribution in [3.8, 4) is 78.1 Å². The van der Waals surface area contributed by atoms with Crippen molar-refractivity contribution in [1.29, 1.82) is 0 Å². The van der Waals surface area contributed by atoms with E-state index in [4.69, 9.17) is 34.3 Å². The number of aromatic nitrogens is 2. The summed E-state index contributed by atoms with van der Waals surface area (Å²) in [6.45, 7) is 0. The third-order valence-corrected chi connectivity index (χ3v) is 21.1. The van der Waals surface area contributed by atoms with Crippen LogP contribution >= 0.6 is 0 Å². The first-order chi connectivity index (χ1) is 77.8. The van der Waals surface area contributed by atoms with Crippen LogP contribution in [0, 0.1) is 0 Å². The van der Waals surface area contributed by atoms with Crippen LogP contribution in [0.25, 0.3) is 251 Å². The Morgan fingerprint density at radius 2 is 0.544 bits per heavy atom. The fraction of sp³-hybridized carbons (Fsp3) is 0. The molecule has 114 heavy (non-hydrogen) atoms. The molecule has 0 radical (unpaired) electrons. The molecule has 2 aromatic heterocycles. The highest BCUT2D eigenvalue weighted by Gasteiger charge is 2.23. The average Bonchev–Trinajstić information content (AvgIpc) is 1.55. The number of rotatable bonds is 8. The van der Waals surface area contributed by atoms with Gasteiger partial charge in [-0.3, -0.25) is 0 Å². The van der Waals surface area contributed by atoms with Gasteiger partial charge in [0.15, 0.2) is 0 Å². The van der Waals surface area contributed by atoms with Gasteiger partial charge in [-0.2, -0.15) is 0 Å². The SMILES string of the molecule is [2H]c1c([2H])c([2H])c(-n2c3c([2H])c([2H])c([2H])c([2H])c3c3c([2H])c(-c4c([2H])c(-c5c([2H])c([2H])c6c([2H])c([2H])c7c([2H])c([2H])c([2H])c8c([2H])c([2H])c5c6c78)c([2H])c(-c5c([2H])c([2H])c6c([2H])c([2H])c7c([2H])c([2H])c([2H])c8c([2H])c([2H])c5c6c78)c4[2H])c([2H])c([2H])c32)c([2H])c1[2H].[2H]c1c([2H])c2c([2H])c([2H])c3c([2H])c([2H])c(-c4cc(-c5ccc6c(c5)c5ccccc5n6-c5ccccc5)cc(-c5c([2H])c([2H])c6c([2H])c([2H])c7c([2H])c([2H])c([2H])c8c([2H])c([2H])c5c6c78)c4)c4c([2H])c([2H])c(c1[2H])c2c34. The summed E-state index contributed by atoms with van der Waals surface area (Å²) in [4.78, 5) is 0. The van der Waals surface area contributed by atoms with Crippen molar-refractivity contribution in [2.75, 3.05) is 0 Å². The average molecular weight is 1490 g/mol. The highest BCUT2D eigenvalue weighted by Crippen LogP contribution is 2.49. The fourth-order valence-corrected chi connectivity index (χ4v) is 16.2. The number of nitrogens with zero attached hydrogens (tertiary/aromatic N) is 2. The maximum atomic E-state index is 10.4. The molecule has 0 fully saturated rings. The monoisotopic (exact) mass is 1490 g/mol. The first-order valence-corrected chi connectivity index (χ1v) is 35.5. The maximum Gasteiger partial charge on any atom is 0.0645 e. The van der Waals surface area contributed by atoms with Crippen molar-refractivity contribution in [1.82, 2.24) is 9.13 Å². The predicted molar refractivity (Wildman–Crippen MR) is 489 cm³/mol. The van der Waals surface area contributed by atoms with Crippen LogP contribution in [-0.4, -0.2) is 9.13 Å². The molecule has 0 saturated heterocycles. The molecule has 0 aliphatic rings. The van der Waals surface area contributed by atoms with Crippen LogP contribution in [0.5, 0.6) is 0 Å². The molecule has 0 aliphatic carbocycles. The molecule has 26 aromatic rings. The van der Waals surface area contributed by atoms with Gasteiger partial charge >= 0.3 is 0 Å². The third kappa shape index (κ3) is 9.37. The molecule has 0 amide bonds. The predicted octanol–water partition coefficient (Wildman–Crippen LogP) is 31.2. The van der Waals surface area contributed by atoms with Crippen molar-refractivity contribution in [3.63, 3.8) is 0 Å². The third-order valence-electron chi connectivity index (χ3n) is 21.1. The van der Waals surface area contributed by atoms with E-state index in [1.807, 2.05) is 72.8 Å². The van der Waals surface area contributed by atoms with Crippen LogP contribution in [0.2, 0.25) is 0 Å². The zero-order valence-corrected chi connectivity index (χ0v) is 58.1. The van der Waals surface area contributed by atoms with Gasteiger partial charge in [-0.25, -0.2) is 0 Å². The molecule has 0 atom stereocenters. The number of hydrogen-bond acceptors (Lipinski definition) is 0. The van der Waals surface area contributed by atoms with E-state index < -0.39 is 434 Å². The molecule has 0 bridgehead atoms. The van der Waals surface area contributed by atoms with Crippen LogP contribution < -0.4 is 0 Å². The van der Waals surface area contributed by atoms with Gasteiger partial charge in [0.05, 0.1) is 92.0 Å². The Hall–Kier alpha value is -15.0. The lowest BCUT2D eigenvalue weighted by Gasteiger charge is -2.18. The summed E-state index contributed by atoms with van der Waals surface area (Å²) in [7, 11) is 0. The summed E-state index contributed by atoms with van der Waals surface area (Å²) in [5.74, 6) is 0. The summed E-state index contributed by atoms with van der Waals surface area (Å²) in [5, 5.41) is -7.63. The summed E-state index contributed by atoms with van der Waals surface area (Å²) in [6, 6.07) is -12.8. The molecule has 24 aromatic carbocycles. The fourth-order valence-electron chi connectivity index (χ4n) is 16.2. The van der Waals surface area contributed by atoms with Crippen molar-refractivity contribution in [2.45, 2.75) is 0 Å². The summed E-state index contributed by atoms with van der Waals surface area (Å²) in [5.41, 5.74) is -4.30. The van der Waals surface area contributed by atoms with Crippen molar-refractivity contribution in [2.24, 2.45) is 0 Å². The van der Waals surface area contributed by atoms with Crippen molar-refractivity contribution >= 4 is 173 Å². The summed E-state index contributed by atoms with van der Waals surface area (Å²) >= 11 is 0. The quantitative estimate of drug-likeness (QED) is 0.134. The van der Waals surface area contributed by atoms with Crippen LogP contribution in [0.4, 0.5) is 0 Å². The van der Waals surface area contributed by atoms with Gasteiger partial charge in [0, 0.05) is 32.9 Å². The zero-order valence-electron chi connectivity index (χ0n) is 109. The molecule has 0 unspecified atom stereocenters. The molecular weight excluding hydrogens is 1370 g/mol. The van der Waals surface area contributed by atoms with Gasteiger partial charge in [0.25, 0.3) is 0 Å². The van der Waals surface area contributed by atoms with E-state index in [9.17, 15) is 35.6 Å². The van der Waals surface area contributed by atoms with Crippen LogP contribution in [0.3, 0.4) is 0 Å². The normalized spacial score (nSPS) is 18.5. The smallest absolute Gasteiger partial charge is 0.0645 e. The number of fused-ring (bicyclic) bond motifs is 6. The number of hydrogen-bond donors (Lipinski definition) is 0. The molecule has 0 N–H and O–H groups in total. The molecule has 2 nitrogen and oxygen atoms in total. The highest BCUT2D eigenvalue weighted by molar-refractivity contribution is 6.30. The second-order valence-electron chi connectivity index (χ2n) is 27.2. The van der Waals surface area contributed by atoms with E-state index >= 15 is 0 Å². The topological polar surface area (TPSA) is 9.86 Å². The molecule has 2 heterocycles. The van der Waals surface area contributed by atoms with Gasteiger partial charge in [0.1, 0.15) is 0 Å². The van der Waals surface area contributed by atoms with Crippen molar-refractivity contribution in [3.05, 3.63) is 399 Å². The Balaban J connectivity index is 0.000000169. The summed E-state index contributed by atoms with van der Waals surface area (Å²) < 4.78 is 475. The van der Waals surface area contributed by atoms with E-state index in [0.29, 0.717) is 15.7 Å². The Morgan fingerprint density at radius 3 is 1.04 bits per heavy atom. The Bertz CT molecular complexity index is 11200.